The van der Waals surface area contributed by atoms with Crippen molar-refractivity contribution in [3.8, 4) is 11.3 Å². The predicted molar refractivity (Wildman–Crippen MR) is 112 cm³/mol. The fraction of sp³-hybridized carbons (Fsp3) is 0.227. The van der Waals surface area contributed by atoms with Gasteiger partial charge in [0.2, 0.25) is 0 Å². The van der Waals surface area contributed by atoms with Crippen LogP contribution < -0.4 is 10.5 Å². The van der Waals surface area contributed by atoms with Gasteiger partial charge in [0.15, 0.2) is 5.82 Å². The summed E-state index contributed by atoms with van der Waals surface area (Å²) in [6.45, 7) is 4.21. The maximum absolute atomic E-state index is 12.3. The highest BCUT2D eigenvalue weighted by Gasteiger charge is 2.30. The van der Waals surface area contributed by atoms with E-state index in [1.807, 2.05) is 31.2 Å². The molecule has 7 nitrogen and oxygen atoms in total. The van der Waals surface area contributed by atoms with Gasteiger partial charge in [-0.25, -0.2) is 4.68 Å². The third kappa shape index (κ3) is 3.24. The number of aryl methyl sites for hydroxylation is 1. The third-order valence-corrected chi connectivity index (χ3v) is 5.36. The summed E-state index contributed by atoms with van der Waals surface area (Å²) >= 11 is 0. The van der Waals surface area contributed by atoms with Crippen molar-refractivity contribution in [2.24, 2.45) is 5.92 Å². The molecular weight excluding hydrogens is 364 g/mol. The monoisotopic (exact) mass is 384 g/mol. The molecule has 0 unspecified atom stereocenters. The zero-order chi connectivity index (χ0) is 19.8. The molecule has 1 aliphatic heterocycles. The van der Waals surface area contributed by atoms with E-state index >= 15 is 0 Å². The van der Waals surface area contributed by atoms with Crippen molar-refractivity contribution in [2.45, 2.75) is 13.5 Å². The van der Waals surface area contributed by atoms with Gasteiger partial charge in [0.25, 0.3) is 5.56 Å². The summed E-state index contributed by atoms with van der Waals surface area (Å²) in [6.07, 6.45) is 3.48. The number of rotatable bonds is 4. The molecule has 5 rings (SSSR count). The lowest BCUT2D eigenvalue weighted by Gasteiger charge is -2.40. The van der Waals surface area contributed by atoms with Crippen molar-refractivity contribution in [1.29, 1.82) is 0 Å². The molecule has 0 bridgehead atoms. The van der Waals surface area contributed by atoms with E-state index in [2.05, 4.69) is 37.3 Å². The fourth-order valence-electron chi connectivity index (χ4n) is 3.81. The Labute approximate surface area is 167 Å². The molecule has 0 atom stereocenters. The van der Waals surface area contributed by atoms with Crippen LogP contribution in [0.1, 0.15) is 5.69 Å². The van der Waals surface area contributed by atoms with E-state index in [0.717, 1.165) is 46.6 Å². The molecule has 0 radical (unpaired) electrons. The van der Waals surface area contributed by atoms with Crippen LogP contribution in [0.5, 0.6) is 0 Å². The van der Waals surface area contributed by atoms with E-state index in [9.17, 15) is 4.79 Å². The van der Waals surface area contributed by atoms with Crippen molar-refractivity contribution in [2.75, 3.05) is 18.0 Å². The minimum absolute atomic E-state index is 0.0864. The van der Waals surface area contributed by atoms with Crippen LogP contribution in [0, 0.1) is 12.8 Å². The topological polar surface area (TPSA) is 76.8 Å². The minimum atomic E-state index is -0.0864. The van der Waals surface area contributed by atoms with Crippen molar-refractivity contribution in [3.63, 3.8) is 0 Å². The second-order valence-corrected chi connectivity index (χ2v) is 7.41. The highest BCUT2D eigenvalue weighted by Crippen LogP contribution is 2.30. The lowest BCUT2D eigenvalue weighted by molar-refractivity contribution is 0.333. The Morgan fingerprint density at radius 2 is 1.83 bits per heavy atom. The van der Waals surface area contributed by atoms with Gasteiger partial charge in [-0.15, -0.1) is 5.10 Å². The molecule has 0 N–H and O–H groups in total. The molecule has 0 amide bonds. The molecule has 29 heavy (non-hydrogen) atoms. The molecule has 4 heterocycles. The van der Waals surface area contributed by atoms with Crippen LogP contribution >= 0.6 is 0 Å². The maximum Gasteiger partial charge on any atom is 0.266 e. The predicted octanol–water partition coefficient (Wildman–Crippen LogP) is 2.69. The number of pyridine rings is 1. The number of hydrogen-bond donors (Lipinski definition) is 0. The number of benzene rings is 1. The summed E-state index contributed by atoms with van der Waals surface area (Å²) in [5.74, 6) is 1.25. The highest BCUT2D eigenvalue weighted by atomic mass is 16.1. The number of anilines is 1. The van der Waals surface area contributed by atoms with Crippen LogP contribution in [0.4, 0.5) is 5.82 Å². The second kappa shape index (κ2) is 7.09. The van der Waals surface area contributed by atoms with Crippen LogP contribution in [0.15, 0.2) is 65.7 Å². The third-order valence-electron chi connectivity index (χ3n) is 5.36. The fourth-order valence-corrected chi connectivity index (χ4v) is 3.81. The Hall–Kier alpha value is -3.61. The summed E-state index contributed by atoms with van der Waals surface area (Å²) in [6, 6.07) is 15.3. The van der Waals surface area contributed by atoms with Gasteiger partial charge in [0.05, 0.1) is 17.9 Å². The van der Waals surface area contributed by atoms with Gasteiger partial charge in [0, 0.05) is 53.8 Å². The first-order chi connectivity index (χ1) is 14.2. The molecule has 7 heteroatoms. The van der Waals surface area contributed by atoms with Crippen molar-refractivity contribution in [1.82, 2.24) is 25.0 Å². The van der Waals surface area contributed by atoms with Gasteiger partial charge < -0.3 is 4.90 Å². The van der Waals surface area contributed by atoms with E-state index in [1.54, 1.807) is 29.2 Å². The first-order valence-electron chi connectivity index (χ1n) is 9.64. The van der Waals surface area contributed by atoms with Crippen molar-refractivity contribution >= 4 is 16.6 Å². The van der Waals surface area contributed by atoms with Crippen LogP contribution in [0.3, 0.4) is 0 Å². The summed E-state index contributed by atoms with van der Waals surface area (Å²) in [7, 11) is 0. The van der Waals surface area contributed by atoms with E-state index in [1.165, 1.54) is 0 Å². The number of aromatic nitrogens is 5. The van der Waals surface area contributed by atoms with E-state index in [4.69, 9.17) is 0 Å². The summed E-state index contributed by atoms with van der Waals surface area (Å²) < 4.78 is 1.56. The Morgan fingerprint density at radius 3 is 2.62 bits per heavy atom. The largest absolute Gasteiger partial charge is 0.354 e. The van der Waals surface area contributed by atoms with Gasteiger partial charge in [-0.2, -0.15) is 10.2 Å². The quantitative estimate of drug-likeness (QED) is 0.538. The van der Waals surface area contributed by atoms with Gasteiger partial charge >= 0.3 is 0 Å². The summed E-state index contributed by atoms with van der Waals surface area (Å²) in [4.78, 5) is 18.6. The molecule has 0 aliphatic carbocycles. The molecule has 3 aromatic heterocycles. The normalized spacial score (nSPS) is 14.2. The molecule has 1 saturated heterocycles. The highest BCUT2D eigenvalue weighted by molar-refractivity contribution is 5.93. The molecule has 1 aliphatic rings. The van der Waals surface area contributed by atoms with E-state index in [-0.39, 0.29) is 5.56 Å². The molecule has 0 spiro atoms. The first-order valence-corrected chi connectivity index (χ1v) is 9.64. The Morgan fingerprint density at radius 1 is 1.00 bits per heavy atom. The molecule has 1 fully saturated rings. The lowest BCUT2D eigenvalue weighted by atomic mass is 9.99. The SMILES string of the molecule is Cc1nnc(N2CC(Cn3nc(-c4cccnc4)ccc3=O)C2)c2ccccc12. The average Bonchev–Trinajstić information content (AvgIpc) is 2.73. The molecule has 4 aromatic rings. The maximum atomic E-state index is 12.3. The Balaban J connectivity index is 1.34. The standard InChI is InChI=1S/C22H20N6O/c1-15-18-6-2-3-7-19(18)22(25-24-15)27-12-16(13-27)14-28-21(29)9-8-20(26-28)17-5-4-10-23-11-17/h2-11,16H,12-14H2,1H3. The molecular formula is C22H20N6O. The zero-order valence-electron chi connectivity index (χ0n) is 16.1. The Bertz CT molecular complexity index is 1230. The van der Waals surface area contributed by atoms with E-state index in [0.29, 0.717) is 12.5 Å². The minimum Gasteiger partial charge on any atom is -0.354 e. The van der Waals surface area contributed by atoms with Crippen LogP contribution in [-0.2, 0) is 6.54 Å². The number of hydrogen-bond acceptors (Lipinski definition) is 6. The smallest absolute Gasteiger partial charge is 0.266 e. The van der Waals surface area contributed by atoms with Gasteiger partial charge in [-0.3, -0.25) is 9.78 Å². The van der Waals surface area contributed by atoms with Crippen molar-refractivity contribution in [3.05, 3.63) is 77.0 Å². The molecule has 1 aromatic carbocycles. The summed E-state index contributed by atoms with van der Waals surface area (Å²) in [5.41, 5.74) is 2.50. The first kappa shape index (κ1) is 17.5. The summed E-state index contributed by atoms with van der Waals surface area (Å²) in [5, 5.41) is 15.5. The van der Waals surface area contributed by atoms with E-state index < -0.39 is 0 Å². The van der Waals surface area contributed by atoms with Crippen LogP contribution in [0.2, 0.25) is 0 Å². The zero-order valence-corrected chi connectivity index (χ0v) is 16.1. The Kier molecular flexibility index (Phi) is 4.27. The average molecular weight is 384 g/mol. The van der Waals surface area contributed by atoms with Crippen LogP contribution in [-0.4, -0.2) is 38.1 Å². The van der Waals surface area contributed by atoms with Gasteiger partial charge in [0.1, 0.15) is 0 Å². The number of nitrogens with zero attached hydrogens (tertiary/aromatic N) is 6. The second-order valence-electron chi connectivity index (χ2n) is 7.41. The molecule has 0 saturated carbocycles. The number of fused-ring (bicyclic) bond motifs is 1. The van der Waals surface area contributed by atoms with Crippen LogP contribution in [0.25, 0.3) is 22.0 Å². The van der Waals surface area contributed by atoms with Crippen molar-refractivity contribution < 1.29 is 0 Å². The van der Waals surface area contributed by atoms with Gasteiger partial charge in [-0.1, -0.05) is 24.3 Å². The molecule has 144 valence electrons. The lowest BCUT2D eigenvalue weighted by Crippen LogP contribution is -2.50. The van der Waals surface area contributed by atoms with Gasteiger partial charge in [-0.05, 0) is 25.1 Å².